The lowest BCUT2D eigenvalue weighted by molar-refractivity contribution is 0.0360. The minimum atomic E-state index is -0.554. The third-order valence-electron chi connectivity index (χ3n) is 1.05. The van der Waals surface area contributed by atoms with Gasteiger partial charge in [-0.2, -0.15) is 4.98 Å². The van der Waals surface area contributed by atoms with Gasteiger partial charge in [-0.3, -0.25) is 0 Å². The Morgan fingerprint density at radius 3 is 2.67 bits per heavy atom. The van der Waals surface area contributed by atoms with Gasteiger partial charge in [-0.05, 0) is 19.0 Å². The summed E-state index contributed by atoms with van der Waals surface area (Å²) in [5.74, 6) is -0.228. The van der Waals surface area contributed by atoms with E-state index in [1.807, 2.05) is 0 Å². The molecule has 66 valence electrons. The first-order valence-corrected chi connectivity index (χ1v) is 3.61. The van der Waals surface area contributed by atoms with E-state index in [1.54, 1.807) is 20.8 Å². The molecular formula is C7H10N2O3. The second-order valence-electron chi connectivity index (χ2n) is 2.59. The standard InChI is InChI=1S/C7H10N2O3/c1-4(2)11-7(10)6-8-5(3)12-9-6/h4H,1-3H3. The fraction of sp³-hybridized carbons (Fsp3) is 0.571. The highest BCUT2D eigenvalue weighted by Gasteiger charge is 2.15. The average molecular weight is 170 g/mol. The van der Waals surface area contributed by atoms with Crippen molar-refractivity contribution in [3.8, 4) is 0 Å². The van der Waals surface area contributed by atoms with Crippen molar-refractivity contribution in [3.63, 3.8) is 0 Å². The monoisotopic (exact) mass is 170 g/mol. The second kappa shape index (κ2) is 3.34. The number of aryl methyl sites for hydroxylation is 1. The van der Waals surface area contributed by atoms with Crippen LogP contribution in [0.25, 0.3) is 0 Å². The van der Waals surface area contributed by atoms with Gasteiger partial charge in [0, 0.05) is 6.92 Å². The summed E-state index contributed by atoms with van der Waals surface area (Å²) < 4.78 is 9.43. The summed E-state index contributed by atoms with van der Waals surface area (Å²) in [4.78, 5) is 14.8. The maximum Gasteiger partial charge on any atom is 0.380 e. The molecule has 0 spiro atoms. The van der Waals surface area contributed by atoms with Crippen molar-refractivity contribution in [1.82, 2.24) is 10.1 Å². The molecule has 0 bridgehead atoms. The van der Waals surface area contributed by atoms with E-state index in [0.717, 1.165) is 0 Å². The molecule has 0 saturated carbocycles. The number of hydrogen-bond donors (Lipinski definition) is 0. The van der Waals surface area contributed by atoms with Crippen molar-refractivity contribution in [1.29, 1.82) is 0 Å². The molecule has 0 fully saturated rings. The molecule has 0 amide bonds. The van der Waals surface area contributed by atoms with Gasteiger partial charge < -0.3 is 9.26 Å². The van der Waals surface area contributed by atoms with Gasteiger partial charge in [0.1, 0.15) is 0 Å². The van der Waals surface area contributed by atoms with Crippen LogP contribution in [0.4, 0.5) is 0 Å². The number of aromatic nitrogens is 2. The van der Waals surface area contributed by atoms with Gasteiger partial charge in [0.25, 0.3) is 5.82 Å². The SMILES string of the molecule is Cc1nc(C(=O)OC(C)C)no1. The Kier molecular flexibility index (Phi) is 2.42. The van der Waals surface area contributed by atoms with Crippen LogP contribution in [0.1, 0.15) is 30.4 Å². The number of esters is 1. The number of carbonyl (C=O) groups is 1. The summed E-state index contributed by atoms with van der Waals surface area (Å²) in [5.41, 5.74) is 0. The Bertz CT molecular complexity index is 280. The third kappa shape index (κ3) is 2.05. The summed E-state index contributed by atoms with van der Waals surface area (Å²) in [7, 11) is 0. The molecule has 0 saturated heterocycles. The molecular weight excluding hydrogens is 160 g/mol. The smallest absolute Gasteiger partial charge is 0.380 e. The summed E-state index contributed by atoms with van der Waals surface area (Å²) in [5, 5.41) is 3.41. The number of ether oxygens (including phenoxy) is 1. The molecule has 0 radical (unpaired) electrons. The van der Waals surface area contributed by atoms with E-state index in [9.17, 15) is 4.79 Å². The highest BCUT2D eigenvalue weighted by molar-refractivity contribution is 5.84. The Balaban J connectivity index is 2.65. The molecule has 0 aromatic carbocycles. The van der Waals surface area contributed by atoms with Gasteiger partial charge in [0.2, 0.25) is 5.89 Å². The Morgan fingerprint density at radius 1 is 1.58 bits per heavy atom. The first kappa shape index (κ1) is 8.70. The van der Waals surface area contributed by atoms with Crippen LogP contribution in [0.5, 0.6) is 0 Å². The third-order valence-corrected chi connectivity index (χ3v) is 1.05. The van der Waals surface area contributed by atoms with Crippen LogP contribution in [0, 0.1) is 6.92 Å². The van der Waals surface area contributed by atoms with E-state index in [2.05, 4.69) is 14.7 Å². The van der Waals surface area contributed by atoms with Crippen LogP contribution >= 0.6 is 0 Å². The first-order valence-electron chi connectivity index (χ1n) is 3.61. The molecule has 1 aromatic rings. The Labute approximate surface area is 69.7 Å². The van der Waals surface area contributed by atoms with Crippen molar-refractivity contribution in [2.24, 2.45) is 0 Å². The molecule has 1 aromatic heterocycles. The second-order valence-corrected chi connectivity index (χ2v) is 2.59. The van der Waals surface area contributed by atoms with Crippen LogP contribution in [0.2, 0.25) is 0 Å². The molecule has 0 atom stereocenters. The fourth-order valence-electron chi connectivity index (χ4n) is 0.649. The molecule has 1 rings (SSSR count). The lowest BCUT2D eigenvalue weighted by atomic mass is 10.5. The summed E-state index contributed by atoms with van der Waals surface area (Å²) in [6.45, 7) is 5.12. The molecule has 0 aliphatic heterocycles. The zero-order chi connectivity index (χ0) is 9.14. The molecule has 0 unspecified atom stereocenters. The van der Waals surface area contributed by atoms with Crippen LogP contribution in [-0.4, -0.2) is 22.2 Å². The molecule has 0 aliphatic rings. The van der Waals surface area contributed by atoms with Crippen molar-refractivity contribution in [3.05, 3.63) is 11.7 Å². The van der Waals surface area contributed by atoms with E-state index >= 15 is 0 Å². The molecule has 0 aliphatic carbocycles. The number of nitrogens with zero attached hydrogens (tertiary/aromatic N) is 2. The van der Waals surface area contributed by atoms with Crippen LogP contribution in [-0.2, 0) is 4.74 Å². The Hall–Kier alpha value is -1.39. The Morgan fingerprint density at radius 2 is 2.25 bits per heavy atom. The van der Waals surface area contributed by atoms with Crippen molar-refractivity contribution < 1.29 is 14.1 Å². The topological polar surface area (TPSA) is 65.2 Å². The molecule has 1 heterocycles. The normalized spacial score (nSPS) is 10.3. The van der Waals surface area contributed by atoms with E-state index in [-0.39, 0.29) is 11.9 Å². The summed E-state index contributed by atoms with van der Waals surface area (Å²) in [6.07, 6.45) is -0.170. The maximum atomic E-state index is 11.1. The van der Waals surface area contributed by atoms with Crippen LogP contribution in [0.3, 0.4) is 0 Å². The molecule has 12 heavy (non-hydrogen) atoms. The van der Waals surface area contributed by atoms with Gasteiger partial charge >= 0.3 is 5.97 Å². The lowest BCUT2D eigenvalue weighted by Crippen LogP contribution is -2.12. The quantitative estimate of drug-likeness (QED) is 0.618. The highest BCUT2D eigenvalue weighted by Crippen LogP contribution is 1.99. The van der Waals surface area contributed by atoms with E-state index in [0.29, 0.717) is 5.89 Å². The zero-order valence-corrected chi connectivity index (χ0v) is 7.20. The highest BCUT2D eigenvalue weighted by atomic mass is 16.5. The lowest BCUT2D eigenvalue weighted by Gasteiger charge is -2.03. The predicted octanol–water partition coefficient (Wildman–Crippen LogP) is 0.943. The molecule has 5 heteroatoms. The minimum Gasteiger partial charge on any atom is -0.457 e. The average Bonchev–Trinajstić information content (AvgIpc) is 2.34. The van der Waals surface area contributed by atoms with E-state index < -0.39 is 5.97 Å². The minimum absolute atomic E-state index is 0.0267. The zero-order valence-electron chi connectivity index (χ0n) is 7.20. The van der Waals surface area contributed by atoms with E-state index in [4.69, 9.17) is 4.74 Å². The van der Waals surface area contributed by atoms with Crippen molar-refractivity contribution in [2.45, 2.75) is 26.9 Å². The van der Waals surface area contributed by atoms with Crippen LogP contribution in [0.15, 0.2) is 4.52 Å². The first-order chi connectivity index (χ1) is 5.59. The van der Waals surface area contributed by atoms with Gasteiger partial charge in [-0.1, -0.05) is 0 Å². The van der Waals surface area contributed by atoms with E-state index in [1.165, 1.54) is 0 Å². The number of carbonyl (C=O) groups excluding carboxylic acids is 1. The van der Waals surface area contributed by atoms with Gasteiger partial charge in [0.05, 0.1) is 6.10 Å². The summed E-state index contributed by atoms with van der Waals surface area (Å²) >= 11 is 0. The molecule has 5 nitrogen and oxygen atoms in total. The predicted molar refractivity (Wildman–Crippen MR) is 39.6 cm³/mol. The maximum absolute atomic E-state index is 11.1. The van der Waals surface area contributed by atoms with Crippen LogP contribution < -0.4 is 0 Å². The fourth-order valence-corrected chi connectivity index (χ4v) is 0.649. The number of hydrogen-bond acceptors (Lipinski definition) is 5. The molecule has 0 N–H and O–H groups in total. The van der Waals surface area contributed by atoms with Crippen molar-refractivity contribution >= 4 is 5.97 Å². The number of rotatable bonds is 2. The van der Waals surface area contributed by atoms with Gasteiger partial charge in [-0.25, -0.2) is 4.79 Å². The van der Waals surface area contributed by atoms with Crippen molar-refractivity contribution in [2.75, 3.05) is 0 Å². The van der Waals surface area contributed by atoms with Gasteiger partial charge in [0.15, 0.2) is 0 Å². The van der Waals surface area contributed by atoms with Gasteiger partial charge in [-0.15, -0.1) is 0 Å². The largest absolute Gasteiger partial charge is 0.457 e. The summed E-state index contributed by atoms with van der Waals surface area (Å²) in [6, 6.07) is 0.